The zero-order valence-corrected chi connectivity index (χ0v) is 12.7. The van der Waals surface area contributed by atoms with E-state index in [0.29, 0.717) is 24.5 Å². The smallest absolute Gasteiger partial charge is 0.0327 e. The first-order valence-electron chi connectivity index (χ1n) is 7.83. The lowest BCUT2D eigenvalue weighted by molar-refractivity contribution is 0.218. The Morgan fingerprint density at radius 2 is 1.43 bits per heavy atom. The molecule has 0 bridgehead atoms. The Morgan fingerprint density at radius 3 is 1.81 bits per heavy atom. The third kappa shape index (κ3) is 3.17. The van der Waals surface area contributed by atoms with Gasteiger partial charge in [0.05, 0.1) is 0 Å². The van der Waals surface area contributed by atoms with E-state index in [1.54, 1.807) is 0 Å². The van der Waals surface area contributed by atoms with E-state index < -0.39 is 0 Å². The molecule has 0 spiro atoms. The highest BCUT2D eigenvalue weighted by atomic mass is 15.2. The van der Waals surface area contributed by atoms with Gasteiger partial charge in [0, 0.05) is 24.5 Å². The lowest BCUT2D eigenvalue weighted by atomic mass is 9.84. The van der Waals surface area contributed by atoms with Crippen LogP contribution in [0.1, 0.15) is 29.9 Å². The van der Waals surface area contributed by atoms with Gasteiger partial charge < -0.3 is 5.73 Å². The van der Waals surface area contributed by atoms with Crippen LogP contribution in [0.25, 0.3) is 0 Å². The Labute approximate surface area is 127 Å². The zero-order chi connectivity index (χ0) is 14.7. The molecule has 1 aliphatic carbocycles. The first kappa shape index (κ1) is 14.3. The van der Waals surface area contributed by atoms with E-state index in [-0.39, 0.29) is 0 Å². The van der Waals surface area contributed by atoms with Gasteiger partial charge in [0.25, 0.3) is 0 Å². The molecule has 2 aromatic rings. The van der Waals surface area contributed by atoms with Crippen LogP contribution in [0.15, 0.2) is 60.7 Å². The van der Waals surface area contributed by atoms with Crippen molar-refractivity contribution < 1.29 is 0 Å². The minimum atomic E-state index is 0.336. The van der Waals surface area contributed by atoms with Gasteiger partial charge in [0.15, 0.2) is 0 Å². The summed E-state index contributed by atoms with van der Waals surface area (Å²) in [5.74, 6) is 0.336. The summed E-state index contributed by atoms with van der Waals surface area (Å²) in [7, 11) is 2.23. The van der Waals surface area contributed by atoms with Crippen LogP contribution in [-0.2, 0) is 0 Å². The number of benzene rings is 2. The summed E-state index contributed by atoms with van der Waals surface area (Å²) in [6.45, 7) is 0.682. The van der Waals surface area contributed by atoms with Crippen molar-refractivity contribution in [1.82, 2.24) is 4.90 Å². The quantitative estimate of drug-likeness (QED) is 0.880. The summed E-state index contributed by atoms with van der Waals surface area (Å²) in [6.07, 6.45) is 2.62. The summed E-state index contributed by atoms with van der Waals surface area (Å²) in [5, 5.41) is 0. The maximum Gasteiger partial charge on any atom is 0.0327 e. The molecule has 1 aliphatic rings. The molecule has 2 nitrogen and oxygen atoms in total. The average Bonchev–Trinajstić information content (AvgIpc) is 3.38. The van der Waals surface area contributed by atoms with Crippen molar-refractivity contribution in [1.29, 1.82) is 0 Å². The van der Waals surface area contributed by atoms with Gasteiger partial charge in [-0.3, -0.25) is 4.90 Å². The molecule has 2 heteroatoms. The Hall–Kier alpha value is -1.64. The molecule has 1 atom stereocenters. The fraction of sp³-hybridized carbons (Fsp3) is 0.368. The third-order valence-corrected chi connectivity index (χ3v) is 4.59. The minimum absolute atomic E-state index is 0.336. The molecule has 2 aromatic carbocycles. The van der Waals surface area contributed by atoms with E-state index in [1.165, 1.54) is 24.0 Å². The van der Waals surface area contributed by atoms with Gasteiger partial charge in [-0.05, 0) is 31.0 Å². The molecular formula is C19H24N2. The molecular weight excluding hydrogens is 256 g/mol. The first-order valence-corrected chi connectivity index (χ1v) is 7.83. The molecule has 2 N–H and O–H groups in total. The molecule has 0 aliphatic heterocycles. The van der Waals surface area contributed by atoms with Gasteiger partial charge in [0.1, 0.15) is 0 Å². The molecule has 110 valence electrons. The monoisotopic (exact) mass is 280 g/mol. The zero-order valence-electron chi connectivity index (χ0n) is 12.7. The third-order valence-electron chi connectivity index (χ3n) is 4.59. The van der Waals surface area contributed by atoms with Crippen molar-refractivity contribution >= 4 is 0 Å². The van der Waals surface area contributed by atoms with E-state index in [1.807, 2.05) is 0 Å². The molecule has 1 fully saturated rings. The van der Waals surface area contributed by atoms with Gasteiger partial charge in [-0.1, -0.05) is 60.7 Å². The Balaban J connectivity index is 1.98. The fourth-order valence-corrected chi connectivity index (χ4v) is 3.25. The molecule has 21 heavy (non-hydrogen) atoms. The second-order valence-corrected chi connectivity index (χ2v) is 6.00. The number of likely N-dealkylation sites (N-methyl/N-ethyl adjacent to an activating group) is 1. The van der Waals surface area contributed by atoms with E-state index in [0.717, 1.165) is 0 Å². The largest absolute Gasteiger partial charge is 0.329 e. The Morgan fingerprint density at radius 1 is 0.952 bits per heavy atom. The first-order chi connectivity index (χ1) is 10.3. The maximum absolute atomic E-state index is 6.17. The fourth-order valence-electron chi connectivity index (χ4n) is 3.25. The minimum Gasteiger partial charge on any atom is -0.329 e. The van der Waals surface area contributed by atoms with Crippen LogP contribution >= 0.6 is 0 Å². The van der Waals surface area contributed by atoms with Crippen LogP contribution in [-0.4, -0.2) is 30.6 Å². The number of hydrogen-bond acceptors (Lipinski definition) is 2. The molecule has 1 saturated carbocycles. The van der Waals surface area contributed by atoms with Gasteiger partial charge in [-0.15, -0.1) is 0 Å². The topological polar surface area (TPSA) is 29.3 Å². The number of hydrogen-bond donors (Lipinski definition) is 1. The Kier molecular flexibility index (Phi) is 4.37. The van der Waals surface area contributed by atoms with Crippen molar-refractivity contribution in [2.45, 2.75) is 30.8 Å². The highest BCUT2D eigenvalue weighted by molar-refractivity contribution is 5.34. The molecule has 0 aromatic heterocycles. The van der Waals surface area contributed by atoms with Gasteiger partial charge in [0.2, 0.25) is 0 Å². The normalized spacial score (nSPS) is 16.4. The highest BCUT2D eigenvalue weighted by Gasteiger charge is 2.35. The summed E-state index contributed by atoms with van der Waals surface area (Å²) in [5.41, 5.74) is 8.88. The van der Waals surface area contributed by atoms with Crippen LogP contribution < -0.4 is 5.73 Å². The highest BCUT2D eigenvalue weighted by Crippen LogP contribution is 2.35. The van der Waals surface area contributed by atoms with Crippen molar-refractivity contribution in [3.8, 4) is 0 Å². The van der Waals surface area contributed by atoms with Crippen molar-refractivity contribution in [2.24, 2.45) is 5.73 Å². The van der Waals surface area contributed by atoms with E-state index in [9.17, 15) is 0 Å². The molecule has 3 rings (SSSR count). The Bertz CT molecular complexity index is 509. The van der Waals surface area contributed by atoms with E-state index >= 15 is 0 Å². The standard InChI is InChI=1S/C19H24N2/c1-21(17-12-13-17)18(14-20)19(15-8-4-2-5-9-15)16-10-6-3-7-11-16/h2-11,17-19H,12-14,20H2,1H3. The molecule has 0 amide bonds. The summed E-state index contributed by atoms with van der Waals surface area (Å²) >= 11 is 0. The van der Waals surface area contributed by atoms with Crippen LogP contribution in [0.5, 0.6) is 0 Å². The molecule has 0 heterocycles. The van der Waals surface area contributed by atoms with Crippen LogP contribution in [0.2, 0.25) is 0 Å². The van der Waals surface area contributed by atoms with Gasteiger partial charge >= 0.3 is 0 Å². The lowest BCUT2D eigenvalue weighted by Crippen LogP contribution is -2.44. The SMILES string of the molecule is CN(C1CC1)C(CN)C(c1ccccc1)c1ccccc1. The lowest BCUT2D eigenvalue weighted by Gasteiger charge is -2.35. The van der Waals surface area contributed by atoms with Crippen LogP contribution in [0, 0.1) is 0 Å². The second-order valence-electron chi connectivity index (χ2n) is 6.00. The molecule has 0 radical (unpaired) electrons. The maximum atomic E-state index is 6.17. The summed E-state index contributed by atoms with van der Waals surface area (Å²) in [4.78, 5) is 2.49. The average molecular weight is 280 g/mol. The van der Waals surface area contributed by atoms with Gasteiger partial charge in [-0.2, -0.15) is 0 Å². The van der Waals surface area contributed by atoms with Crippen molar-refractivity contribution in [3.05, 3.63) is 71.8 Å². The second kappa shape index (κ2) is 6.42. The van der Waals surface area contributed by atoms with Crippen molar-refractivity contribution in [2.75, 3.05) is 13.6 Å². The van der Waals surface area contributed by atoms with Gasteiger partial charge in [-0.25, -0.2) is 0 Å². The van der Waals surface area contributed by atoms with Crippen molar-refractivity contribution in [3.63, 3.8) is 0 Å². The summed E-state index contributed by atoms with van der Waals surface area (Å²) < 4.78 is 0. The predicted octanol–water partition coefficient (Wildman–Crippen LogP) is 3.24. The number of nitrogens with two attached hydrogens (primary N) is 1. The van der Waals surface area contributed by atoms with E-state index in [4.69, 9.17) is 5.73 Å². The predicted molar refractivity (Wildman–Crippen MR) is 88.4 cm³/mol. The van der Waals surface area contributed by atoms with E-state index in [2.05, 4.69) is 72.6 Å². The molecule has 0 saturated heterocycles. The number of rotatable bonds is 6. The summed E-state index contributed by atoms with van der Waals surface area (Å²) in [6, 6.07) is 22.6. The van der Waals surface area contributed by atoms with Crippen LogP contribution in [0.3, 0.4) is 0 Å². The molecule has 1 unspecified atom stereocenters. The van der Waals surface area contributed by atoms with Crippen LogP contribution in [0.4, 0.5) is 0 Å². The number of nitrogens with zero attached hydrogens (tertiary/aromatic N) is 1.